The molecule has 1 aliphatic heterocycles. The Morgan fingerprint density at radius 3 is 2.85 bits per heavy atom. The van der Waals surface area contributed by atoms with Gasteiger partial charge in [-0.3, -0.25) is 14.9 Å². The number of benzene rings is 1. The smallest absolute Gasteiger partial charge is 0.322 e. The second-order valence-corrected chi connectivity index (χ2v) is 7.67. The van der Waals surface area contributed by atoms with Crippen LogP contribution in [0, 0.1) is 11.8 Å². The van der Waals surface area contributed by atoms with E-state index >= 15 is 0 Å². The number of hydrogen-bond donors (Lipinski definition) is 3. The number of ether oxygens (including phenoxy) is 1. The van der Waals surface area contributed by atoms with Crippen LogP contribution in [0.2, 0.25) is 0 Å². The van der Waals surface area contributed by atoms with E-state index in [0.717, 1.165) is 11.1 Å². The van der Waals surface area contributed by atoms with Crippen molar-refractivity contribution in [1.29, 1.82) is 0 Å². The molecule has 33 heavy (non-hydrogen) atoms. The molecule has 0 fully saturated rings. The molecule has 1 atom stereocenters. The first-order valence-electron chi connectivity index (χ1n) is 10.1. The SMILES string of the molecule is C=C1c2cc(O)ccc2CN1C[C@@](C)(C#CCc1nc(C=O)ccc1OC)NC(=O)NC=O. The van der Waals surface area contributed by atoms with Crippen LogP contribution in [0.25, 0.3) is 5.70 Å². The number of amides is 3. The van der Waals surface area contributed by atoms with E-state index < -0.39 is 11.6 Å². The van der Waals surface area contributed by atoms with Gasteiger partial charge >= 0.3 is 6.03 Å². The van der Waals surface area contributed by atoms with Crippen molar-refractivity contribution in [2.24, 2.45) is 0 Å². The number of rotatable bonds is 7. The van der Waals surface area contributed by atoms with Gasteiger partial charge in [0, 0.05) is 17.8 Å². The standard InChI is InChI=1S/C24H24N4O5/c1-16-20-11-19(31)8-6-17(20)12-28(16)14-24(2,27-23(32)25-15-30)10-4-5-21-22(33-3)9-7-18(13-29)26-21/h6-9,11,13,15,31H,1,5,12,14H2,2-3H3,(H2,25,27,30,32)/t24-/m1/s1. The third-order valence-corrected chi connectivity index (χ3v) is 5.15. The number of imide groups is 1. The quantitative estimate of drug-likeness (QED) is 0.437. The van der Waals surface area contributed by atoms with Gasteiger partial charge in [-0.2, -0.15) is 0 Å². The number of carbonyl (C=O) groups excluding carboxylic acids is 3. The first kappa shape index (κ1) is 23.3. The zero-order chi connectivity index (χ0) is 24.0. The van der Waals surface area contributed by atoms with Crippen molar-refractivity contribution in [1.82, 2.24) is 20.5 Å². The number of nitrogens with one attached hydrogen (secondary N) is 2. The Morgan fingerprint density at radius 2 is 2.15 bits per heavy atom. The minimum Gasteiger partial charge on any atom is -0.508 e. The number of methoxy groups -OCH3 is 1. The molecular formula is C24H24N4O5. The van der Waals surface area contributed by atoms with Gasteiger partial charge in [0.05, 0.1) is 25.8 Å². The second-order valence-electron chi connectivity index (χ2n) is 7.67. The number of carbonyl (C=O) groups is 3. The molecule has 1 aromatic carbocycles. The predicted molar refractivity (Wildman–Crippen MR) is 121 cm³/mol. The number of hydrogen-bond acceptors (Lipinski definition) is 7. The van der Waals surface area contributed by atoms with Crippen LogP contribution >= 0.6 is 0 Å². The van der Waals surface area contributed by atoms with Gasteiger partial charge in [0.1, 0.15) is 22.7 Å². The van der Waals surface area contributed by atoms with Crippen LogP contribution in [-0.4, -0.2) is 52.9 Å². The zero-order valence-corrected chi connectivity index (χ0v) is 18.3. The van der Waals surface area contributed by atoms with E-state index in [2.05, 4.69) is 34.0 Å². The molecule has 0 saturated heterocycles. The van der Waals surface area contributed by atoms with Gasteiger partial charge in [-0.05, 0) is 36.8 Å². The van der Waals surface area contributed by atoms with E-state index in [1.807, 2.05) is 11.0 Å². The van der Waals surface area contributed by atoms with E-state index in [1.54, 1.807) is 31.2 Å². The summed E-state index contributed by atoms with van der Waals surface area (Å²) in [6, 6.07) is 7.57. The average Bonchev–Trinajstić information content (AvgIpc) is 3.08. The number of phenols is 1. The lowest BCUT2D eigenvalue weighted by atomic mass is 10.0. The van der Waals surface area contributed by atoms with Crippen molar-refractivity contribution in [2.45, 2.75) is 25.4 Å². The molecule has 9 nitrogen and oxygen atoms in total. The Morgan fingerprint density at radius 1 is 1.36 bits per heavy atom. The Bertz CT molecular complexity index is 1170. The van der Waals surface area contributed by atoms with Crippen LogP contribution in [0.4, 0.5) is 4.79 Å². The second kappa shape index (κ2) is 9.87. The lowest BCUT2D eigenvalue weighted by Crippen LogP contribution is -2.54. The third-order valence-electron chi connectivity index (χ3n) is 5.15. The minimum absolute atomic E-state index is 0.141. The minimum atomic E-state index is -1.07. The number of fused-ring (bicyclic) bond motifs is 1. The summed E-state index contributed by atoms with van der Waals surface area (Å²) in [6.07, 6.45) is 1.10. The van der Waals surface area contributed by atoms with Crippen LogP contribution in [0.1, 0.15) is 34.2 Å². The summed E-state index contributed by atoms with van der Waals surface area (Å²) in [5, 5.41) is 14.6. The number of urea groups is 1. The summed E-state index contributed by atoms with van der Waals surface area (Å²) in [6.45, 7) is 6.63. The zero-order valence-electron chi connectivity index (χ0n) is 18.3. The molecule has 9 heteroatoms. The first-order chi connectivity index (χ1) is 15.8. The van der Waals surface area contributed by atoms with Gasteiger partial charge in [0.2, 0.25) is 6.41 Å². The maximum Gasteiger partial charge on any atom is 0.322 e. The van der Waals surface area contributed by atoms with Gasteiger partial charge in [-0.15, -0.1) is 0 Å². The molecule has 1 aromatic heterocycles. The fraction of sp³-hybridized carbons (Fsp3) is 0.250. The molecular weight excluding hydrogens is 424 g/mol. The summed E-state index contributed by atoms with van der Waals surface area (Å²) < 4.78 is 5.29. The number of aromatic hydroxyl groups is 1. The number of phenolic OH excluding ortho intramolecular Hbond substituents is 1. The maximum atomic E-state index is 12.1. The van der Waals surface area contributed by atoms with Gasteiger partial charge in [-0.1, -0.05) is 24.5 Å². The Labute approximate surface area is 191 Å². The number of nitrogens with zero attached hydrogens (tertiary/aromatic N) is 2. The molecule has 3 rings (SSSR count). The highest BCUT2D eigenvalue weighted by molar-refractivity contribution is 5.85. The van der Waals surface area contributed by atoms with Crippen molar-refractivity contribution in [3.05, 3.63) is 59.4 Å². The molecule has 0 spiro atoms. The van der Waals surface area contributed by atoms with E-state index in [-0.39, 0.29) is 30.8 Å². The van der Waals surface area contributed by atoms with Gasteiger partial charge in [0.15, 0.2) is 6.29 Å². The van der Waals surface area contributed by atoms with Crippen molar-refractivity contribution < 1.29 is 24.2 Å². The summed E-state index contributed by atoms with van der Waals surface area (Å²) in [4.78, 5) is 40.1. The van der Waals surface area contributed by atoms with Crippen molar-refractivity contribution in [2.75, 3.05) is 13.7 Å². The Kier molecular flexibility index (Phi) is 6.98. The number of aromatic nitrogens is 1. The van der Waals surface area contributed by atoms with Crippen molar-refractivity contribution in [3.8, 4) is 23.3 Å². The van der Waals surface area contributed by atoms with Crippen LogP contribution in [0.5, 0.6) is 11.5 Å². The first-order valence-corrected chi connectivity index (χ1v) is 10.1. The number of aldehydes is 1. The normalized spacial score (nSPS) is 13.8. The van der Waals surface area contributed by atoms with E-state index in [0.29, 0.717) is 30.0 Å². The number of pyridine rings is 1. The summed E-state index contributed by atoms with van der Waals surface area (Å²) in [5.74, 6) is 6.69. The molecule has 1 aliphatic rings. The third kappa shape index (κ3) is 5.49. The summed E-state index contributed by atoms with van der Waals surface area (Å²) in [7, 11) is 1.50. The lowest BCUT2D eigenvalue weighted by molar-refractivity contribution is -0.108. The van der Waals surface area contributed by atoms with Crippen molar-refractivity contribution in [3.63, 3.8) is 0 Å². The van der Waals surface area contributed by atoms with Gasteiger partial charge < -0.3 is 20.1 Å². The lowest BCUT2D eigenvalue weighted by Gasteiger charge is -2.31. The van der Waals surface area contributed by atoms with Crippen LogP contribution in [0.3, 0.4) is 0 Å². The Hall–Kier alpha value is -4.32. The summed E-state index contributed by atoms with van der Waals surface area (Å²) >= 11 is 0. The summed E-state index contributed by atoms with van der Waals surface area (Å²) in [5.41, 5.74) is 2.17. The maximum absolute atomic E-state index is 12.1. The molecule has 170 valence electrons. The van der Waals surface area contributed by atoms with Crippen LogP contribution < -0.4 is 15.4 Å². The van der Waals surface area contributed by atoms with Crippen LogP contribution in [0.15, 0.2) is 36.9 Å². The van der Waals surface area contributed by atoms with E-state index in [4.69, 9.17) is 4.74 Å². The molecule has 2 heterocycles. The monoisotopic (exact) mass is 448 g/mol. The molecule has 0 unspecified atom stereocenters. The van der Waals surface area contributed by atoms with E-state index in [9.17, 15) is 19.5 Å². The molecule has 0 bridgehead atoms. The van der Waals surface area contributed by atoms with Crippen LogP contribution in [-0.2, 0) is 17.8 Å². The molecule has 3 N–H and O–H groups in total. The molecule has 0 saturated carbocycles. The molecule has 0 radical (unpaired) electrons. The van der Waals surface area contributed by atoms with Gasteiger partial charge in [-0.25, -0.2) is 9.78 Å². The van der Waals surface area contributed by atoms with Crippen molar-refractivity contribution >= 4 is 24.4 Å². The largest absolute Gasteiger partial charge is 0.508 e. The Balaban J connectivity index is 1.85. The predicted octanol–water partition coefficient (Wildman–Crippen LogP) is 1.85. The van der Waals surface area contributed by atoms with E-state index in [1.165, 1.54) is 7.11 Å². The average molecular weight is 448 g/mol. The topological polar surface area (TPSA) is 121 Å². The molecule has 3 amide bonds. The fourth-order valence-electron chi connectivity index (χ4n) is 3.63. The highest BCUT2D eigenvalue weighted by Crippen LogP contribution is 2.34. The molecule has 2 aromatic rings. The molecule has 0 aliphatic carbocycles. The highest BCUT2D eigenvalue weighted by Gasteiger charge is 2.32. The fourth-order valence-corrected chi connectivity index (χ4v) is 3.63. The highest BCUT2D eigenvalue weighted by atomic mass is 16.5. The van der Waals surface area contributed by atoms with Gasteiger partial charge in [0.25, 0.3) is 0 Å².